The van der Waals surface area contributed by atoms with Crippen LogP contribution < -0.4 is 10.9 Å². The van der Waals surface area contributed by atoms with Crippen molar-refractivity contribution in [2.75, 3.05) is 12.3 Å². The highest BCUT2D eigenvalue weighted by molar-refractivity contribution is 7.99. The molecule has 3 aromatic rings. The molecule has 0 radical (unpaired) electrons. The minimum atomic E-state index is -0.319. The fourth-order valence-corrected chi connectivity index (χ4v) is 5.37. The van der Waals surface area contributed by atoms with E-state index in [2.05, 4.69) is 15.3 Å². The number of hydrogen-bond donors (Lipinski definition) is 2. The largest absolute Gasteiger partial charge is 0.355 e. The lowest BCUT2D eigenvalue weighted by Gasteiger charge is -2.21. The second kappa shape index (κ2) is 9.09. The number of H-pyrrole nitrogens is 1. The first-order valence-electron chi connectivity index (χ1n) is 9.77. The van der Waals surface area contributed by atoms with E-state index < -0.39 is 0 Å². The van der Waals surface area contributed by atoms with Gasteiger partial charge in [-0.05, 0) is 36.5 Å². The molecule has 1 saturated carbocycles. The van der Waals surface area contributed by atoms with Crippen molar-refractivity contribution >= 4 is 39.2 Å². The maximum absolute atomic E-state index is 13.2. The van der Waals surface area contributed by atoms with Gasteiger partial charge in [-0.25, -0.2) is 9.37 Å². The van der Waals surface area contributed by atoms with E-state index >= 15 is 0 Å². The molecular formula is C21H22FN3O2S2. The molecule has 1 amide bonds. The van der Waals surface area contributed by atoms with Crippen molar-refractivity contribution in [1.29, 1.82) is 0 Å². The van der Waals surface area contributed by atoms with Crippen LogP contribution in [0.3, 0.4) is 0 Å². The first kappa shape index (κ1) is 20.1. The van der Waals surface area contributed by atoms with E-state index in [0.29, 0.717) is 21.3 Å². The number of hydrogen-bond acceptors (Lipinski definition) is 5. The standard InChI is InChI=1S/C21H22FN3O2S2/c22-15-8-6-14(7-9-15)16-11-28-20-18(16)19(27)24-21(25-20)29-12-17(26)23-10-13-4-2-1-3-5-13/h6-9,11,13H,1-5,10,12H2,(H,23,26)(H,24,25,27). The van der Waals surface area contributed by atoms with Crippen LogP contribution in [0.15, 0.2) is 39.6 Å². The van der Waals surface area contributed by atoms with Gasteiger partial charge in [0, 0.05) is 17.5 Å². The normalized spacial score (nSPS) is 14.9. The highest BCUT2D eigenvalue weighted by atomic mass is 32.2. The molecule has 4 rings (SSSR count). The first-order chi connectivity index (χ1) is 14.1. The van der Waals surface area contributed by atoms with Crippen LogP contribution in [0, 0.1) is 11.7 Å². The van der Waals surface area contributed by atoms with Crippen molar-refractivity contribution in [3.05, 3.63) is 45.8 Å². The predicted molar refractivity (Wildman–Crippen MR) is 116 cm³/mol. The van der Waals surface area contributed by atoms with Crippen LogP contribution >= 0.6 is 23.1 Å². The van der Waals surface area contributed by atoms with Gasteiger partial charge in [0.15, 0.2) is 5.16 Å². The zero-order valence-electron chi connectivity index (χ0n) is 15.9. The molecule has 0 aliphatic heterocycles. The van der Waals surface area contributed by atoms with Crippen LogP contribution in [0.25, 0.3) is 21.3 Å². The number of carbonyl (C=O) groups is 1. The van der Waals surface area contributed by atoms with E-state index in [1.807, 2.05) is 5.38 Å². The van der Waals surface area contributed by atoms with E-state index in [4.69, 9.17) is 0 Å². The molecule has 5 nitrogen and oxygen atoms in total. The van der Waals surface area contributed by atoms with E-state index in [9.17, 15) is 14.0 Å². The summed E-state index contributed by atoms with van der Waals surface area (Å²) in [5.41, 5.74) is 1.26. The summed E-state index contributed by atoms with van der Waals surface area (Å²) >= 11 is 2.60. The molecule has 152 valence electrons. The van der Waals surface area contributed by atoms with Gasteiger partial charge in [0.05, 0.1) is 11.1 Å². The monoisotopic (exact) mass is 431 g/mol. The average molecular weight is 432 g/mol. The van der Waals surface area contributed by atoms with Gasteiger partial charge in [0.2, 0.25) is 5.91 Å². The summed E-state index contributed by atoms with van der Waals surface area (Å²) in [7, 11) is 0. The van der Waals surface area contributed by atoms with Gasteiger partial charge in [-0.1, -0.05) is 43.2 Å². The van der Waals surface area contributed by atoms with Crippen molar-refractivity contribution in [3.8, 4) is 11.1 Å². The van der Waals surface area contributed by atoms with E-state index in [1.165, 1.54) is 67.3 Å². The van der Waals surface area contributed by atoms with Crippen LogP contribution in [0.1, 0.15) is 32.1 Å². The van der Waals surface area contributed by atoms with Gasteiger partial charge in [-0.15, -0.1) is 11.3 Å². The smallest absolute Gasteiger partial charge is 0.260 e. The minimum absolute atomic E-state index is 0.0403. The molecule has 0 bridgehead atoms. The zero-order chi connectivity index (χ0) is 20.2. The Morgan fingerprint density at radius 1 is 1.24 bits per heavy atom. The summed E-state index contributed by atoms with van der Waals surface area (Å²) in [5, 5.41) is 5.78. The molecule has 1 aromatic carbocycles. The lowest BCUT2D eigenvalue weighted by molar-refractivity contribution is -0.118. The van der Waals surface area contributed by atoms with Gasteiger partial charge >= 0.3 is 0 Å². The minimum Gasteiger partial charge on any atom is -0.355 e. The lowest BCUT2D eigenvalue weighted by atomic mass is 9.89. The Bertz CT molecular complexity index is 1060. The number of aromatic amines is 1. The number of nitrogens with zero attached hydrogens (tertiary/aromatic N) is 1. The Hall–Kier alpha value is -2.19. The van der Waals surface area contributed by atoms with Gasteiger partial charge in [-0.2, -0.15) is 0 Å². The molecule has 1 aliphatic carbocycles. The number of amides is 1. The Labute approximate surface area is 176 Å². The zero-order valence-corrected chi connectivity index (χ0v) is 17.5. The Morgan fingerprint density at radius 3 is 2.76 bits per heavy atom. The third-order valence-corrected chi connectivity index (χ3v) is 6.98. The average Bonchev–Trinajstić information content (AvgIpc) is 3.17. The Morgan fingerprint density at radius 2 is 2.00 bits per heavy atom. The van der Waals surface area contributed by atoms with Crippen LogP contribution in [0.4, 0.5) is 4.39 Å². The number of thiophene rings is 1. The summed E-state index contributed by atoms with van der Waals surface area (Å²) in [6.07, 6.45) is 6.18. The predicted octanol–water partition coefficient (Wildman–Crippen LogP) is 4.58. The van der Waals surface area contributed by atoms with Crippen LogP contribution in [0.2, 0.25) is 0 Å². The second-order valence-corrected chi connectivity index (χ2v) is 9.13. The summed E-state index contributed by atoms with van der Waals surface area (Å²) in [6.45, 7) is 0.730. The van der Waals surface area contributed by atoms with Crippen LogP contribution in [0.5, 0.6) is 0 Å². The third kappa shape index (κ3) is 4.87. The molecule has 1 fully saturated rings. The number of fused-ring (bicyclic) bond motifs is 1. The molecule has 2 aromatic heterocycles. The molecule has 8 heteroatoms. The van der Waals surface area contributed by atoms with Crippen LogP contribution in [-0.4, -0.2) is 28.2 Å². The van der Waals surface area contributed by atoms with Gasteiger partial charge < -0.3 is 10.3 Å². The number of rotatable bonds is 6. The number of halogens is 1. The molecular weight excluding hydrogens is 409 g/mol. The van der Waals surface area contributed by atoms with Crippen molar-refractivity contribution in [2.45, 2.75) is 37.3 Å². The van der Waals surface area contributed by atoms with Gasteiger partial charge in [0.25, 0.3) is 5.56 Å². The Balaban J connectivity index is 1.42. The summed E-state index contributed by atoms with van der Waals surface area (Å²) in [5.74, 6) is 0.447. The molecule has 1 aliphatic rings. The summed E-state index contributed by atoms with van der Waals surface area (Å²) < 4.78 is 13.2. The van der Waals surface area contributed by atoms with Crippen LogP contribution in [-0.2, 0) is 4.79 Å². The fourth-order valence-electron chi connectivity index (χ4n) is 3.67. The number of carbonyl (C=O) groups excluding carboxylic acids is 1. The molecule has 0 atom stereocenters. The first-order valence-corrected chi connectivity index (χ1v) is 11.6. The molecule has 0 unspecified atom stereocenters. The van der Waals surface area contributed by atoms with Gasteiger partial charge in [-0.3, -0.25) is 9.59 Å². The summed E-state index contributed by atoms with van der Waals surface area (Å²) in [4.78, 5) is 32.6. The highest BCUT2D eigenvalue weighted by Crippen LogP contribution is 2.31. The van der Waals surface area contributed by atoms with Crippen molar-refractivity contribution < 1.29 is 9.18 Å². The molecule has 0 spiro atoms. The lowest BCUT2D eigenvalue weighted by Crippen LogP contribution is -2.31. The van der Waals surface area contributed by atoms with Crippen molar-refractivity contribution in [2.24, 2.45) is 5.92 Å². The summed E-state index contributed by atoms with van der Waals surface area (Å²) in [6, 6.07) is 6.04. The quantitative estimate of drug-likeness (QED) is 0.443. The third-order valence-electron chi connectivity index (χ3n) is 5.23. The SMILES string of the molecule is O=C(CSc1nc2scc(-c3ccc(F)cc3)c2c(=O)[nH]1)NCC1CCCCC1. The maximum atomic E-state index is 13.2. The van der Waals surface area contributed by atoms with Gasteiger partial charge in [0.1, 0.15) is 10.6 Å². The molecule has 29 heavy (non-hydrogen) atoms. The topological polar surface area (TPSA) is 74.8 Å². The maximum Gasteiger partial charge on any atom is 0.260 e. The number of nitrogens with one attached hydrogen (secondary N) is 2. The number of thioether (sulfide) groups is 1. The van der Waals surface area contributed by atoms with Crippen molar-refractivity contribution in [3.63, 3.8) is 0 Å². The Kier molecular flexibility index (Phi) is 6.30. The number of aromatic nitrogens is 2. The molecule has 2 heterocycles. The molecule has 0 saturated heterocycles. The molecule has 2 N–H and O–H groups in total. The number of benzene rings is 1. The highest BCUT2D eigenvalue weighted by Gasteiger charge is 2.16. The van der Waals surface area contributed by atoms with Crippen molar-refractivity contribution in [1.82, 2.24) is 15.3 Å². The van der Waals surface area contributed by atoms with E-state index in [0.717, 1.165) is 17.7 Å². The second-order valence-electron chi connectivity index (χ2n) is 7.30. The van der Waals surface area contributed by atoms with E-state index in [-0.39, 0.29) is 23.0 Å². The fraction of sp³-hybridized carbons (Fsp3) is 0.381. The van der Waals surface area contributed by atoms with E-state index in [1.54, 1.807) is 12.1 Å².